The third-order valence-electron chi connectivity index (χ3n) is 3.71. The zero-order valence-corrected chi connectivity index (χ0v) is 12.8. The zero-order valence-electron chi connectivity index (χ0n) is 11.8. The quantitative estimate of drug-likeness (QED) is 0.705. The lowest BCUT2D eigenvalue weighted by atomic mass is 10.0. The number of carboxylic acid groups (broad SMARTS) is 1. The molecule has 0 aliphatic carbocycles. The molecule has 0 aliphatic rings. The van der Waals surface area contributed by atoms with Crippen molar-refractivity contribution in [2.24, 2.45) is 0 Å². The first-order valence-corrected chi connectivity index (χ1v) is 9.07. The second kappa shape index (κ2) is 5.58. The van der Waals surface area contributed by atoms with Crippen molar-refractivity contribution in [3.05, 3.63) is 60.3 Å². The highest BCUT2D eigenvalue weighted by atomic mass is 28.3. The van der Waals surface area contributed by atoms with Gasteiger partial charge in [0, 0.05) is 17.1 Å². The Balaban J connectivity index is 2.06. The van der Waals surface area contributed by atoms with Gasteiger partial charge in [-0.05, 0) is 17.2 Å². The molecule has 0 atom stereocenters. The predicted molar refractivity (Wildman–Crippen MR) is 87.1 cm³/mol. The third-order valence-corrected chi connectivity index (χ3v) is 5.35. The molecule has 0 unspecified atom stereocenters. The Morgan fingerprint density at radius 2 is 1.90 bits per heavy atom. The molecule has 0 fully saturated rings. The number of nitrogens with one attached hydrogen (secondary N) is 1. The van der Waals surface area contributed by atoms with Gasteiger partial charge in [-0.3, -0.25) is 4.79 Å². The van der Waals surface area contributed by atoms with Crippen LogP contribution >= 0.6 is 0 Å². The van der Waals surface area contributed by atoms with Gasteiger partial charge in [-0.25, -0.2) is 0 Å². The number of H-pyrrole nitrogens is 1. The van der Waals surface area contributed by atoms with Crippen LogP contribution in [0, 0.1) is 0 Å². The molecule has 0 saturated heterocycles. The van der Waals surface area contributed by atoms with Crippen molar-refractivity contribution < 1.29 is 9.90 Å². The minimum atomic E-state index is -1.40. The summed E-state index contributed by atoms with van der Waals surface area (Å²) in [4.78, 5) is 14.4. The molecule has 3 nitrogen and oxygen atoms in total. The molecule has 0 amide bonds. The molecule has 3 rings (SSSR count). The average molecular weight is 294 g/mol. The summed E-state index contributed by atoms with van der Waals surface area (Å²) in [5.41, 5.74) is 3.84. The van der Waals surface area contributed by atoms with E-state index in [2.05, 4.69) is 29.2 Å². The maximum absolute atomic E-state index is 11.1. The summed E-state index contributed by atoms with van der Waals surface area (Å²) in [5, 5.41) is 10.2. The number of carbonyl (C=O) groups is 1. The van der Waals surface area contributed by atoms with Gasteiger partial charge in [0.15, 0.2) is 8.80 Å². The first-order chi connectivity index (χ1) is 10.2. The van der Waals surface area contributed by atoms with E-state index >= 15 is 0 Å². The monoisotopic (exact) mass is 294 g/mol. The molecule has 3 aromatic rings. The van der Waals surface area contributed by atoms with Gasteiger partial charge < -0.3 is 10.1 Å². The Hall–Kier alpha value is -2.33. The number of rotatable bonds is 4. The summed E-state index contributed by atoms with van der Waals surface area (Å²) >= 11 is 0. The largest absolute Gasteiger partial charge is 0.486 e. The van der Waals surface area contributed by atoms with Gasteiger partial charge in [-0.1, -0.05) is 55.1 Å². The van der Waals surface area contributed by atoms with Crippen LogP contribution in [0.4, 0.5) is 4.79 Å². The fourth-order valence-electron chi connectivity index (χ4n) is 2.58. The number of hydrogen-bond acceptors (Lipinski definition) is 1. The second-order valence-corrected chi connectivity index (χ2v) is 7.51. The van der Waals surface area contributed by atoms with E-state index in [4.69, 9.17) is 5.11 Å². The predicted octanol–water partition coefficient (Wildman–Crippen LogP) is 4.30. The van der Waals surface area contributed by atoms with E-state index in [0.717, 1.165) is 27.6 Å². The molecule has 1 heterocycles. The molecule has 0 spiro atoms. The molecule has 4 heteroatoms. The molecule has 1 radical (unpaired) electrons. The van der Waals surface area contributed by atoms with Crippen molar-refractivity contribution >= 4 is 25.3 Å². The molecular formula is C17H16NO2Si. The summed E-state index contributed by atoms with van der Waals surface area (Å²) in [6.45, 7) is 1.84. The van der Waals surface area contributed by atoms with E-state index < -0.39 is 14.4 Å². The topological polar surface area (TPSA) is 53.1 Å². The number of fused-ring (bicyclic) bond motifs is 1. The minimum absolute atomic E-state index is 0.637. The molecule has 1 aromatic heterocycles. The molecule has 2 N–H and O–H groups in total. The molecular weight excluding hydrogens is 278 g/mol. The van der Waals surface area contributed by atoms with Gasteiger partial charge in [0.25, 0.3) is 5.59 Å². The van der Waals surface area contributed by atoms with Gasteiger partial charge in [-0.2, -0.15) is 0 Å². The molecule has 2 aromatic carbocycles. The second-order valence-electron chi connectivity index (χ2n) is 5.17. The standard InChI is InChI=1S/C17H16NO2Si/c1-21(17(19)20)11-13-10-18-16-14(8-5-9-15(13)16)12-6-3-2-4-7-12/h2-10,18H,11H2,1H3,(H,19,20). The minimum Gasteiger partial charge on any atom is -0.486 e. The van der Waals surface area contributed by atoms with Crippen LogP contribution in [0.1, 0.15) is 5.56 Å². The van der Waals surface area contributed by atoms with Crippen molar-refractivity contribution in [3.63, 3.8) is 0 Å². The highest BCUT2D eigenvalue weighted by Crippen LogP contribution is 2.30. The van der Waals surface area contributed by atoms with Gasteiger partial charge in [-0.15, -0.1) is 0 Å². The molecule has 0 aliphatic heterocycles. The summed E-state index contributed by atoms with van der Waals surface area (Å²) in [6, 6.07) is 17.0. The van der Waals surface area contributed by atoms with Crippen LogP contribution < -0.4 is 0 Å². The Kier molecular flexibility index (Phi) is 3.62. The normalized spacial score (nSPS) is 11.1. The fourth-order valence-corrected chi connectivity index (χ4v) is 3.59. The van der Waals surface area contributed by atoms with Crippen molar-refractivity contribution in [1.82, 2.24) is 4.98 Å². The Morgan fingerprint density at radius 3 is 2.62 bits per heavy atom. The lowest BCUT2D eigenvalue weighted by Gasteiger charge is -2.05. The van der Waals surface area contributed by atoms with E-state index in [1.165, 1.54) is 0 Å². The van der Waals surface area contributed by atoms with Crippen molar-refractivity contribution in [2.45, 2.75) is 12.6 Å². The first kappa shape index (κ1) is 13.6. The van der Waals surface area contributed by atoms with Crippen molar-refractivity contribution in [2.75, 3.05) is 0 Å². The van der Waals surface area contributed by atoms with Gasteiger partial charge in [0.2, 0.25) is 0 Å². The fraction of sp³-hybridized carbons (Fsp3) is 0.118. The lowest BCUT2D eigenvalue weighted by Crippen LogP contribution is -2.22. The smallest absolute Gasteiger partial charge is 0.267 e. The van der Waals surface area contributed by atoms with Crippen LogP contribution in [0.2, 0.25) is 6.55 Å². The maximum atomic E-state index is 11.1. The van der Waals surface area contributed by atoms with Gasteiger partial charge >= 0.3 is 0 Å². The third kappa shape index (κ3) is 2.62. The first-order valence-electron chi connectivity index (χ1n) is 6.87. The van der Waals surface area contributed by atoms with E-state index in [-0.39, 0.29) is 0 Å². The Morgan fingerprint density at radius 1 is 1.14 bits per heavy atom. The maximum Gasteiger partial charge on any atom is 0.267 e. The van der Waals surface area contributed by atoms with Crippen LogP contribution in [0.25, 0.3) is 22.0 Å². The van der Waals surface area contributed by atoms with E-state index in [9.17, 15) is 4.79 Å². The SMILES string of the molecule is C[Si](Cc1c[nH]c2c(-c3ccccc3)cccc12)C(=O)O. The number of hydrogen-bond donors (Lipinski definition) is 2. The molecule has 0 saturated carbocycles. The highest BCUT2D eigenvalue weighted by Gasteiger charge is 2.17. The Labute approximate surface area is 124 Å². The van der Waals surface area contributed by atoms with Crippen molar-refractivity contribution in [1.29, 1.82) is 0 Å². The van der Waals surface area contributed by atoms with Crippen molar-refractivity contribution in [3.8, 4) is 11.1 Å². The summed E-state index contributed by atoms with van der Waals surface area (Å²) < 4.78 is 0. The van der Waals surface area contributed by atoms with E-state index in [1.54, 1.807) is 0 Å². The zero-order chi connectivity index (χ0) is 14.8. The van der Waals surface area contributed by atoms with Crippen LogP contribution in [-0.2, 0) is 6.04 Å². The van der Waals surface area contributed by atoms with Crippen LogP contribution in [-0.4, -0.2) is 24.5 Å². The average Bonchev–Trinajstić information content (AvgIpc) is 2.91. The molecule has 105 valence electrons. The van der Waals surface area contributed by atoms with Crippen LogP contribution in [0.15, 0.2) is 54.7 Å². The van der Waals surface area contributed by atoms with Crippen LogP contribution in [0.5, 0.6) is 0 Å². The van der Waals surface area contributed by atoms with Gasteiger partial charge in [0.1, 0.15) is 0 Å². The van der Waals surface area contributed by atoms with Gasteiger partial charge in [0.05, 0.1) is 5.52 Å². The number of aromatic amines is 1. The van der Waals surface area contributed by atoms with E-state index in [1.807, 2.05) is 37.0 Å². The summed E-state index contributed by atoms with van der Waals surface area (Å²) in [5.74, 6) is 0. The number of para-hydroxylation sites is 1. The van der Waals surface area contributed by atoms with E-state index in [0.29, 0.717) is 6.04 Å². The molecule has 21 heavy (non-hydrogen) atoms. The molecule has 0 bridgehead atoms. The Bertz CT molecular complexity index is 780. The summed E-state index contributed by atoms with van der Waals surface area (Å²) in [7, 11) is -1.40. The number of benzene rings is 2. The summed E-state index contributed by atoms with van der Waals surface area (Å²) in [6.07, 6.45) is 1.95. The van der Waals surface area contributed by atoms with Crippen LogP contribution in [0.3, 0.4) is 0 Å². The highest BCUT2D eigenvalue weighted by molar-refractivity contribution is 6.86. The lowest BCUT2D eigenvalue weighted by molar-refractivity contribution is 0.219. The number of aromatic nitrogens is 1.